The van der Waals surface area contributed by atoms with Gasteiger partial charge < -0.3 is 11.5 Å². The molecule has 0 radical (unpaired) electrons. The number of hydrogen-bond donors (Lipinski definition) is 0. The Kier molecular flexibility index (Phi) is 38.6. The molecule has 10 heteroatoms. The van der Waals surface area contributed by atoms with Gasteiger partial charge in [-0.3, -0.25) is 4.18 Å². The molecule has 0 atom stereocenters. The van der Waals surface area contributed by atoms with E-state index in [-0.39, 0.29) is 75.5 Å². The van der Waals surface area contributed by atoms with E-state index in [1.165, 1.54) is 133 Å². The molecule has 0 N–H and O–H groups in total. The van der Waals surface area contributed by atoms with Gasteiger partial charge in [0.2, 0.25) is 0 Å². The summed E-state index contributed by atoms with van der Waals surface area (Å²) in [6.07, 6.45) is 26.1. The molecule has 0 fully saturated rings. The van der Waals surface area contributed by atoms with Crippen molar-refractivity contribution in [1.29, 1.82) is 0 Å². The molecule has 6 nitrogen and oxygen atoms in total. The standard InChI is InChI=1S/C18H30O3S.C12H25.C6H6O3S.2Na/c1-2-3-4-5-6-7-8-9-10-14-17-21-22(19,20)18-15-12-11-13-16-18;1-3-5-7-9-11-12-10-8-6-4-2;7-10(8,9)6-4-2-1-3-5-6;;/h11-13,15-16H,2-10,14,17H2,1H3;1,3-12H2,2H3;1-5H,(H,7,8,9);;/q;-1;;2*+1/p-1. The summed E-state index contributed by atoms with van der Waals surface area (Å²) in [5.74, 6) is 0. The predicted molar refractivity (Wildman–Crippen MR) is 183 cm³/mol. The Morgan fingerprint density at radius 1 is 0.522 bits per heavy atom. The van der Waals surface area contributed by atoms with Gasteiger partial charge >= 0.3 is 59.1 Å². The molecular formula is C36H60Na2O6S2. The Labute approximate surface area is 328 Å². The molecule has 0 aromatic heterocycles. The average molecular weight is 699 g/mol. The Morgan fingerprint density at radius 2 is 0.848 bits per heavy atom. The maximum absolute atomic E-state index is 11.9. The summed E-state index contributed by atoms with van der Waals surface area (Å²) in [5.41, 5.74) is 0. The van der Waals surface area contributed by atoms with E-state index < -0.39 is 20.2 Å². The molecule has 0 aliphatic carbocycles. The normalized spacial score (nSPS) is 10.8. The van der Waals surface area contributed by atoms with Crippen LogP contribution in [0.4, 0.5) is 0 Å². The molecule has 0 aliphatic rings. The van der Waals surface area contributed by atoms with Crippen molar-refractivity contribution in [3.63, 3.8) is 0 Å². The van der Waals surface area contributed by atoms with Gasteiger partial charge in [0.05, 0.1) is 16.4 Å². The maximum Gasteiger partial charge on any atom is 1.00 e. The van der Waals surface area contributed by atoms with Crippen LogP contribution in [0.25, 0.3) is 0 Å². The molecule has 0 unspecified atom stereocenters. The summed E-state index contributed by atoms with van der Waals surface area (Å²) in [6.45, 7) is 8.64. The maximum atomic E-state index is 11.9. The third kappa shape index (κ3) is 31.5. The van der Waals surface area contributed by atoms with E-state index in [0.717, 1.165) is 19.3 Å². The first kappa shape index (κ1) is 50.6. The number of benzene rings is 2. The van der Waals surface area contributed by atoms with Crippen molar-refractivity contribution >= 4 is 20.2 Å². The molecular weight excluding hydrogens is 639 g/mol. The van der Waals surface area contributed by atoms with Crippen LogP contribution in [0.3, 0.4) is 0 Å². The van der Waals surface area contributed by atoms with Crippen molar-refractivity contribution < 1.29 is 84.7 Å². The van der Waals surface area contributed by atoms with Gasteiger partial charge in [-0.25, -0.2) is 8.42 Å². The first-order valence-electron chi connectivity index (χ1n) is 16.9. The van der Waals surface area contributed by atoms with Gasteiger partial charge in [-0.15, -0.1) is 0 Å². The summed E-state index contributed by atoms with van der Waals surface area (Å²) in [7, 11) is -7.82. The van der Waals surface area contributed by atoms with Gasteiger partial charge in [-0.2, -0.15) is 14.8 Å². The molecule has 2 aromatic rings. The van der Waals surface area contributed by atoms with Gasteiger partial charge in [0.25, 0.3) is 10.1 Å². The molecule has 254 valence electrons. The van der Waals surface area contributed by atoms with Crippen LogP contribution in [0, 0.1) is 6.92 Å². The Morgan fingerprint density at radius 3 is 1.17 bits per heavy atom. The van der Waals surface area contributed by atoms with Crippen LogP contribution in [0.2, 0.25) is 0 Å². The number of hydrogen-bond acceptors (Lipinski definition) is 6. The molecule has 2 rings (SSSR count). The van der Waals surface area contributed by atoms with Crippen LogP contribution in [0.15, 0.2) is 70.5 Å². The molecule has 0 saturated carbocycles. The molecule has 0 heterocycles. The van der Waals surface area contributed by atoms with Crippen molar-refractivity contribution in [3.8, 4) is 0 Å². The van der Waals surface area contributed by atoms with E-state index in [9.17, 15) is 21.4 Å². The molecule has 0 bridgehead atoms. The fraction of sp³-hybridized carbons (Fsp3) is 0.639. The van der Waals surface area contributed by atoms with Crippen LogP contribution in [0.5, 0.6) is 0 Å². The minimum Gasteiger partial charge on any atom is -0.744 e. The fourth-order valence-electron chi connectivity index (χ4n) is 4.49. The zero-order chi connectivity index (χ0) is 32.8. The zero-order valence-electron chi connectivity index (χ0n) is 29.6. The van der Waals surface area contributed by atoms with Crippen molar-refractivity contribution in [1.82, 2.24) is 0 Å². The van der Waals surface area contributed by atoms with Crippen LogP contribution in [-0.4, -0.2) is 28.0 Å². The fourth-order valence-corrected chi connectivity index (χ4v) is 5.94. The van der Waals surface area contributed by atoms with E-state index in [2.05, 4.69) is 20.8 Å². The van der Waals surface area contributed by atoms with Gasteiger partial charge in [0.1, 0.15) is 10.1 Å². The summed E-state index contributed by atoms with van der Waals surface area (Å²) >= 11 is 0. The second-order valence-corrected chi connectivity index (χ2v) is 14.2. The third-order valence-electron chi connectivity index (χ3n) is 7.15. The van der Waals surface area contributed by atoms with E-state index in [1.54, 1.807) is 36.4 Å². The Hall–Kier alpha value is 0.260. The molecule has 46 heavy (non-hydrogen) atoms. The van der Waals surface area contributed by atoms with Gasteiger partial charge in [-0.05, 0) is 30.7 Å². The molecule has 0 saturated heterocycles. The average Bonchev–Trinajstić information content (AvgIpc) is 3.02. The third-order valence-corrected chi connectivity index (χ3v) is 9.33. The summed E-state index contributed by atoms with van der Waals surface area (Å²) in [6, 6.07) is 15.5. The van der Waals surface area contributed by atoms with Crippen LogP contribution in [-0.2, 0) is 24.4 Å². The molecule has 0 amide bonds. The van der Waals surface area contributed by atoms with E-state index >= 15 is 0 Å². The second-order valence-electron chi connectivity index (χ2n) is 11.2. The topological polar surface area (TPSA) is 101 Å². The number of unbranched alkanes of at least 4 members (excludes halogenated alkanes) is 18. The minimum absolute atomic E-state index is 0. The van der Waals surface area contributed by atoms with Gasteiger partial charge in [-0.1, -0.05) is 166 Å². The largest absolute Gasteiger partial charge is 1.00 e. The van der Waals surface area contributed by atoms with Gasteiger partial charge in [0.15, 0.2) is 0 Å². The summed E-state index contributed by atoms with van der Waals surface area (Å²) < 4.78 is 59.6. The predicted octanol–water partition coefficient (Wildman–Crippen LogP) is 4.65. The molecule has 2 aromatic carbocycles. The number of rotatable bonds is 23. The van der Waals surface area contributed by atoms with Crippen LogP contribution < -0.4 is 59.1 Å². The second kappa shape index (κ2) is 35.1. The first-order valence-corrected chi connectivity index (χ1v) is 19.7. The molecule has 0 aliphatic heterocycles. The van der Waals surface area contributed by atoms with Crippen molar-refractivity contribution in [2.45, 2.75) is 152 Å². The van der Waals surface area contributed by atoms with Gasteiger partial charge in [0, 0.05) is 0 Å². The van der Waals surface area contributed by atoms with Crippen molar-refractivity contribution in [2.24, 2.45) is 0 Å². The SMILES string of the molecule is CCCCCCCCCCCCOS(=O)(=O)c1ccccc1.O=S(=O)([O-])c1ccccc1.[CH2-]CCCCCCCCCCC.[Na+].[Na+]. The summed E-state index contributed by atoms with van der Waals surface area (Å²) in [4.78, 5) is 0.0529. The minimum atomic E-state index is -4.25. The monoisotopic (exact) mass is 698 g/mol. The Bertz CT molecular complexity index is 1090. The smallest absolute Gasteiger partial charge is 0.744 e. The Balaban J connectivity index is -0.000000653. The van der Waals surface area contributed by atoms with E-state index in [1.807, 2.05) is 0 Å². The van der Waals surface area contributed by atoms with E-state index in [4.69, 9.17) is 4.18 Å². The zero-order valence-corrected chi connectivity index (χ0v) is 35.2. The first-order chi connectivity index (χ1) is 21.2. The quantitative estimate of drug-likeness (QED) is 0.0551. The van der Waals surface area contributed by atoms with Crippen LogP contribution in [0.1, 0.15) is 142 Å². The van der Waals surface area contributed by atoms with Crippen molar-refractivity contribution in [3.05, 3.63) is 67.6 Å². The van der Waals surface area contributed by atoms with E-state index in [0.29, 0.717) is 0 Å². The molecule has 0 spiro atoms. The van der Waals surface area contributed by atoms with Crippen LogP contribution >= 0.6 is 0 Å². The summed E-state index contributed by atoms with van der Waals surface area (Å²) in [5, 5.41) is 0. The van der Waals surface area contributed by atoms with Crippen molar-refractivity contribution in [2.75, 3.05) is 6.61 Å².